The molecule has 0 aliphatic heterocycles. The van der Waals surface area contributed by atoms with E-state index in [-0.39, 0.29) is 5.41 Å². The smallest absolute Gasteiger partial charge is 0.309 e. The second kappa shape index (κ2) is 4.27. The molecule has 1 aromatic rings. The number of nitrogens with one attached hydrogen (secondary N) is 1. The van der Waals surface area contributed by atoms with Gasteiger partial charge >= 0.3 is 6.41 Å². The van der Waals surface area contributed by atoms with Crippen LogP contribution in [0.15, 0.2) is 24.3 Å². The SMILES string of the molecule is CC(C)(C)c1ccc(CN[C]=O)cc1. The topological polar surface area (TPSA) is 29.1 Å². The van der Waals surface area contributed by atoms with Crippen molar-refractivity contribution in [1.82, 2.24) is 5.32 Å². The highest BCUT2D eigenvalue weighted by Gasteiger charge is 2.12. The predicted octanol–water partition coefficient (Wildman–Crippen LogP) is 2.14. The first-order valence-electron chi connectivity index (χ1n) is 4.73. The zero-order valence-corrected chi connectivity index (χ0v) is 8.92. The van der Waals surface area contributed by atoms with Crippen LogP contribution in [0.1, 0.15) is 31.9 Å². The van der Waals surface area contributed by atoms with E-state index >= 15 is 0 Å². The summed E-state index contributed by atoms with van der Waals surface area (Å²) in [5.74, 6) is 0. The van der Waals surface area contributed by atoms with Gasteiger partial charge in [-0.15, -0.1) is 0 Å². The molecule has 0 aromatic heterocycles. The summed E-state index contributed by atoms with van der Waals surface area (Å²) in [7, 11) is 0. The van der Waals surface area contributed by atoms with E-state index in [9.17, 15) is 4.79 Å². The molecule has 0 bridgehead atoms. The lowest BCUT2D eigenvalue weighted by atomic mass is 9.87. The van der Waals surface area contributed by atoms with Crippen LogP contribution < -0.4 is 5.32 Å². The highest BCUT2D eigenvalue weighted by atomic mass is 16.1. The highest BCUT2D eigenvalue weighted by molar-refractivity contribution is 5.47. The third-order valence-corrected chi connectivity index (χ3v) is 2.18. The zero-order valence-electron chi connectivity index (χ0n) is 8.92. The number of benzene rings is 1. The van der Waals surface area contributed by atoms with Crippen LogP contribution in [0.25, 0.3) is 0 Å². The number of amides is 1. The standard InChI is InChI=1S/C12H16NO/c1-12(2,3)11-6-4-10(5-7-11)8-13-9-14/h4-7H,8H2,1-3H3,(H,13,14). The molecule has 1 rings (SSSR count). The molecule has 1 aromatic carbocycles. The zero-order chi connectivity index (χ0) is 10.6. The van der Waals surface area contributed by atoms with E-state index in [0.717, 1.165) is 5.56 Å². The van der Waals surface area contributed by atoms with E-state index in [4.69, 9.17) is 0 Å². The maximum absolute atomic E-state index is 9.97. The van der Waals surface area contributed by atoms with Crippen LogP contribution in [0.3, 0.4) is 0 Å². The lowest BCUT2D eigenvalue weighted by Gasteiger charge is -2.19. The maximum atomic E-state index is 9.97. The Morgan fingerprint density at radius 1 is 1.21 bits per heavy atom. The van der Waals surface area contributed by atoms with Crippen LogP contribution in [0.5, 0.6) is 0 Å². The molecule has 0 aliphatic rings. The third kappa shape index (κ3) is 2.87. The summed E-state index contributed by atoms with van der Waals surface area (Å²) in [5.41, 5.74) is 2.58. The fraction of sp³-hybridized carbons (Fsp3) is 0.417. The van der Waals surface area contributed by atoms with Crippen molar-refractivity contribution in [3.8, 4) is 0 Å². The summed E-state index contributed by atoms with van der Waals surface area (Å²) < 4.78 is 0. The predicted molar refractivity (Wildman–Crippen MR) is 57.7 cm³/mol. The van der Waals surface area contributed by atoms with Gasteiger partial charge in [0.05, 0.1) is 0 Å². The first kappa shape index (κ1) is 10.8. The van der Waals surface area contributed by atoms with Gasteiger partial charge in [0.1, 0.15) is 0 Å². The Balaban J connectivity index is 2.73. The van der Waals surface area contributed by atoms with E-state index in [0.29, 0.717) is 6.54 Å². The van der Waals surface area contributed by atoms with Crippen LogP contribution in [0, 0.1) is 0 Å². The van der Waals surface area contributed by atoms with Gasteiger partial charge in [0.15, 0.2) is 0 Å². The third-order valence-electron chi connectivity index (χ3n) is 2.18. The van der Waals surface area contributed by atoms with Crippen molar-refractivity contribution >= 4 is 6.41 Å². The molecule has 0 saturated carbocycles. The average molecular weight is 190 g/mol. The molecule has 0 heterocycles. The molecule has 14 heavy (non-hydrogen) atoms. The molecule has 0 spiro atoms. The molecule has 1 amide bonds. The second-order valence-electron chi connectivity index (χ2n) is 4.40. The molecule has 1 radical (unpaired) electrons. The number of rotatable bonds is 3. The van der Waals surface area contributed by atoms with E-state index in [2.05, 4.69) is 38.2 Å². The molecule has 0 aliphatic carbocycles. The van der Waals surface area contributed by atoms with E-state index in [1.165, 1.54) is 5.56 Å². The van der Waals surface area contributed by atoms with E-state index in [1.807, 2.05) is 12.1 Å². The minimum atomic E-state index is 0.183. The molecule has 0 fully saturated rings. The molecule has 1 N–H and O–H groups in total. The van der Waals surface area contributed by atoms with Crippen molar-refractivity contribution in [3.63, 3.8) is 0 Å². The monoisotopic (exact) mass is 190 g/mol. The van der Waals surface area contributed by atoms with Crippen molar-refractivity contribution < 1.29 is 4.79 Å². The first-order chi connectivity index (χ1) is 6.54. The minimum Gasteiger partial charge on any atom is -0.344 e. The van der Waals surface area contributed by atoms with Crippen LogP contribution in [0.2, 0.25) is 0 Å². The summed E-state index contributed by atoms with van der Waals surface area (Å²) in [5, 5.41) is 2.52. The van der Waals surface area contributed by atoms with Gasteiger partial charge in [0.2, 0.25) is 0 Å². The molecule has 0 saturated heterocycles. The van der Waals surface area contributed by atoms with E-state index in [1.54, 1.807) is 6.41 Å². The molecule has 2 nitrogen and oxygen atoms in total. The lowest BCUT2D eigenvalue weighted by molar-refractivity contribution is 0.541. The second-order valence-corrected chi connectivity index (χ2v) is 4.40. The summed E-state index contributed by atoms with van der Waals surface area (Å²) in [6, 6.07) is 8.26. The van der Waals surface area contributed by atoms with Gasteiger partial charge in [-0.3, -0.25) is 4.79 Å². The van der Waals surface area contributed by atoms with Crippen LogP contribution in [0.4, 0.5) is 0 Å². The quantitative estimate of drug-likeness (QED) is 0.727. The molecule has 75 valence electrons. The lowest BCUT2D eigenvalue weighted by Crippen LogP contribution is -2.12. The van der Waals surface area contributed by atoms with Gasteiger partial charge in [0.25, 0.3) is 0 Å². The van der Waals surface area contributed by atoms with Crippen LogP contribution in [-0.4, -0.2) is 6.41 Å². The summed E-state index contributed by atoms with van der Waals surface area (Å²) >= 11 is 0. The van der Waals surface area contributed by atoms with Gasteiger partial charge in [-0.2, -0.15) is 0 Å². The Labute approximate surface area is 85.3 Å². The van der Waals surface area contributed by atoms with Crippen molar-refractivity contribution in [2.75, 3.05) is 0 Å². The Morgan fingerprint density at radius 2 is 1.79 bits per heavy atom. The number of hydrogen-bond acceptors (Lipinski definition) is 1. The summed E-state index contributed by atoms with van der Waals surface area (Å²) in [6.45, 7) is 7.09. The van der Waals surface area contributed by atoms with Crippen LogP contribution in [-0.2, 0) is 16.8 Å². The largest absolute Gasteiger partial charge is 0.344 e. The van der Waals surface area contributed by atoms with Gasteiger partial charge < -0.3 is 5.32 Å². The van der Waals surface area contributed by atoms with Crippen LogP contribution >= 0.6 is 0 Å². The molecule has 0 unspecified atom stereocenters. The minimum absolute atomic E-state index is 0.183. The fourth-order valence-electron chi connectivity index (χ4n) is 1.26. The Kier molecular flexibility index (Phi) is 3.28. The summed E-state index contributed by atoms with van der Waals surface area (Å²) in [6.07, 6.45) is 1.66. The summed E-state index contributed by atoms with van der Waals surface area (Å²) in [4.78, 5) is 9.97. The molecule has 0 atom stereocenters. The van der Waals surface area contributed by atoms with Gasteiger partial charge in [0, 0.05) is 6.54 Å². The average Bonchev–Trinajstić information content (AvgIpc) is 2.14. The van der Waals surface area contributed by atoms with Gasteiger partial charge in [-0.05, 0) is 16.5 Å². The normalized spacial score (nSPS) is 11.1. The number of hydrogen-bond donors (Lipinski definition) is 1. The van der Waals surface area contributed by atoms with E-state index < -0.39 is 0 Å². The van der Waals surface area contributed by atoms with Crippen molar-refractivity contribution in [2.24, 2.45) is 0 Å². The van der Waals surface area contributed by atoms with Gasteiger partial charge in [-0.25, -0.2) is 0 Å². The van der Waals surface area contributed by atoms with Crippen molar-refractivity contribution in [2.45, 2.75) is 32.7 Å². The maximum Gasteiger partial charge on any atom is 0.309 e. The Morgan fingerprint density at radius 3 is 2.21 bits per heavy atom. The van der Waals surface area contributed by atoms with Crippen molar-refractivity contribution in [3.05, 3.63) is 35.4 Å². The number of carbonyl (C=O) groups excluding carboxylic acids is 1. The molecular formula is C12H16NO. The van der Waals surface area contributed by atoms with Crippen molar-refractivity contribution in [1.29, 1.82) is 0 Å². The Hall–Kier alpha value is -1.31. The molecular weight excluding hydrogens is 174 g/mol. The Bertz CT molecular complexity index is 295. The first-order valence-corrected chi connectivity index (χ1v) is 4.73. The molecule has 2 heteroatoms. The highest BCUT2D eigenvalue weighted by Crippen LogP contribution is 2.21. The fourth-order valence-corrected chi connectivity index (χ4v) is 1.26. The van der Waals surface area contributed by atoms with Gasteiger partial charge in [-0.1, -0.05) is 45.0 Å².